The molecule has 0 saturated heterocycles. The number of carbonyl (C=O) groups excluding carboxylic acids is 1. The Hall–Kier alpha value is -2.40. The zero-order valence-corrected chi connectivity index (χ0v) is 15.4. The summed E-state index contributed by atoms with van der Waals surface area (Å²) in [6.45, 7) is 5.62. The molecule has 130 valence electrons. The molecule has 0 saturated carbocycles. The number of rotatable bonds is 6. The van der Waals surface area contributed by atoms with Gasteiger partial charge in [-0.25, -0.2) is 0 Å². The zero-order valence-electron chi connectivity index (χ0n) is 14.6. The van der Waals surface area contributed by atoms with Crippen LogP contribution in [0.3, 0.4) is 0 Å². The van der Waals surface area contributed by atoms with Gasteiger partial charge in [-0.2, -0.15) is 4.99 Å². The molecular weight excluding hydrogens is 332 g/mol. The smallest absolute Gasteiger partial charge is 0.279 e. The lowest BCUT2D eigenvalue weighted by Crippen LogP contribution is -2.15. The number of hydrogen-bond donors (Lipinski definition) is 0. The summed E-state index contributed by atoms with van der Waals surface area (Å²) in [5, 5.41) is 0. The fourth-order valence-corrected chi connectivity index (χ4v) is 3.71. The van der Waals surface area contributed by atoms with Crippen LogP contribution in [0, 0.1) is 0 Å². The minimum atomic E-state index is -0.241. The molecule has 0 bridgehead atoms. The van der Waals surface area contributed by atoms with Crippen molar-refractivity contribution in [3.05, 3.63) is 58.9 Å². The van der Waals surface area contributed by atoms with Gasteiger partial charge in [-0.15, -0.1) is 0 Å². The lowest BCUT2D eigenvalue weighted by atomic mass is 10.2. The minimum absolute atomic E-state index is 0.241. The Kier molecular flexibility index (Phi) is 5.66. The average Bonchev–Trinajstić information content (AvgIpc) is 2.99. The van der Waals surface area contributed by atoms with Gasteiger partial charge in [-0.3, -0.25) is 4.79 Å². The third kappa shape index (κ3) is 3.99. The van der Waals surface area contributed by atoms with Gasteiger partial charge in [-0.1, -0.05) is 42.9 Å². The van der Waals surface area contributed by atoms with E-state index < -0.39 is 0 Å². The molecular formula is C20H22N2O2S. The number of aryl methyl sites for hydroxylation is 1. The first-order chi connectivity index (χ1) is 12.2. The third-order valence-corrected chi connectivity index (χ3v) is 5.01. The molecule has 1 heterocycles. The van der Waals surface area contributed by atoms with Crippen LogP contribution in [0.4, 0.5) is 0 Å². The topological polar surface area (TPSA) is 43.6 Å². The number of amides is 1. The highest BCUT2D eigenvalue weighted by molar-refractivity contribution is 7.16. The molecule has 0 unspecified atom stereocenters. The molecule has 5 heteroatoms. The maximum Gasteiger partial charge on any atom is 0.279 e. The molecule has 0 aliphatic carbocycles. The molecule has 0 radical (unpaired) electrons. The van der Waals surface area contributed by atoms with Crippen molar-refractivity contribution in [1.82, 2.24) is 4.57 Å². The van der Waals surface area contributed by atoms with E-state index in [1.165, 1.54) is 11.3 Å². The van der Waals surface area contributed by atoms with Gasteiger partial charge >= 0.3 is 0 Å². The van der Waals surface area contributed by atoms with Crippen molar-refractivity contribution in [3.63, 3.8) is 0 Å². The molecule has 0 N–H and O–H groups in total. The average molecular weight is 354 g/mol. The van der Waals surface area contributed by atoms with Crippen molar-refractivity contribution >= 4 is 27.5 Å². The van der Waals surface area contributed by atoms with Gasteiger partial charge in [0.15, 0.2) is 4.80 Å². The van der Waals surface area contributed by atoms with Crippen molar-refractivity contribution in [3.8, 4) is 5.75 Å². The number of ether oxygens (including phenoxy) is 1. The van der Waals surface area contributed by atoms with Gasteiger partial charge in [0.05, 0.1) is 16.8 Å². The summed E-state index contributed by atoms with van der Waals surface area (Å²) < 4.78 is 8.88. The Morgan fingerprint density at radius 3 is 2.80 bits per heavy atom. The van der Waals surface area contributed by atoms with Crippen LogP contribution in [0.5, 0.6) is 5.75 Å². The van der Waals surface area contributed by atoms with E-state index in [0.29, 0.717) is 17.9 Å². The van der Waals surface area contributed by atoms with E-state index in [2.05, 4.69) is 35.5 Å². The molecule has 0 aliphatic rings. The fourth-order valence-electron chi connectivity index (χ4n) is 2.62. The predicted molar refractivity (Wildman–Crippen MR) is 102 cm³/mol. The quantitative estimate of drug-likeness (QED) is 0.605. The van der Waals surface area contributed by atoms with E-state index in [4.69, 9.17) is 4.74 Å². The van der Waals surface area contributed by atoms with Crippen LogP contribution in [0.2, 0.25) is 0 Å². The lowest BCUT2D eigenvalue weighted by Gasteiger charge is -2.06. The summed E-state index contributed by atoms with van der Waals surface area (Å²) in [6, 6.07) is 15.4. The molecule has 3 rings (SSSR count). The number of nitrogens with zero attached hydrogens (tertiary/aromatic N) is 2. The summed E-state index contributed by atoms with van der Waals surface area (Å²) >= 11 is 1.54. The van der Waals surface area contributed by atoms with Gasteiger partial charge in [0.25, 0.3) is 5.91 Å². The van der Waals surface area contributed by atoms with Gasteiger partial charge in [0.2, 0.25) is 0 Å². The van der Waals surface area contributed by atoms with E-state index >= 15 is 0 Å². The molecule has 0 aliphatic heterocycles. The Bertz CT molecular complexity index is 940. The summed E-state index contributed by atoms with van der Waals surface area (Å²) in [7, 11) is 0. The van der Waals surface area contributed by atoms with Crippen LogP contribution in [0.25, 0.3) is 10.2 Å². The first kappa shape index (κ1) is 17.4. The Morgan fingerprint density at radius 2 is 2.00 bits per heavy atom. The summed E-state index contributed by atoms with van der Waals surface area (Å²) in [6.07, 6.45) is 2.08. The lowest BCUT2D eigenvalue weighted by molar-refractivity contribution is 0.0997. The molecule has 0 atom stereocenters. The summed E-state index contributed by atoms with van der Waals surface area (Å²) in [5.74, 6) is 0.476. The molecule has 2 aromatic carbocycles. The first-order valence-corrected chi connectivity index (χ1v) is 9.45. The number of unbranched alkanes of at least 4 members (excludes halogenated alkanes) is 1. The Labute approximate surface area is 151 Å². The van der Waals surface area contributed by atoms with Crippen LogP contribution >= 0.6 is 11.3 Å². The van der Waals surface area contributed by atoms with E-state index in [1.54, 1.807) is 12.1 Å². The number of aromatic nitrogens is 1. The number of carbonyl (C=O) groups is 1. The van der Waals surface area contributed by atoms with Gasteiger partial charge in [0.1, 0.15) is 5.75 Å². The molecule has 1 amide bonds. The van der Waals surface area contributed by atoms with Crippen molar-refractivity contribution in [2.24, 2.45) is 4.99 Å². The predicted octanol–water partition coefficient (Wildman–Crippen LogP) is 4.64. The maximum absolute atomic E-state index is 12.6. The highest BCUT2D eigenvalue weighted by Gasteiger charge is 2.09. The molecule has 25 heavy (non-hydrogen) atoms. The normalized spacial score (nSPS) is 11.8. The zero-order chi connectivity index (χ0) is 17.6. The molecule has 1 aromatic heterocycles. The Morgan fingerprint density at radius 1 is 1.16 bits per heavy atom. The number of thiazole rings is 1. The van der Waals surface area contributed by atoms with Crippen molar-refractivity contribution in [1.29, 1.82) is 0 Å². The molecule has 4 nitrogen and oxygen atoms in total. The van der Waals surface area contributed by atoms with E-state index in [1.807, 2.05) is 24.3 Å². The molecule has 0 fully saturated rings. The summed E-state index contributed by atoms with van der Waals surface area (Å²) in [4.78, 5) is 17.7. The number of para-hydroxylation sites is 1. The van der Waals surface area contributed by atoms with E-state index in [-0.39, 0.29) is 5.91 Å². The van der Waals surface area contributed by atoms with Crippen molar-refractivity contribution in [2.45, 2.75) is 33.2 Å². The summed E-state index contributed by atoms with van der Waals surface area (Å²) in [5.41, 5.74) is 1.66. The molecule has 0 spiro atoms. The molecule has 3 aromatic rings. The maximum atomic E-state index is 12.6. The van der Waals surface area contributed by atoms with Crippen LogP contribution < -0.4 is 9.54 Å². The number of hydrogen-bond acceptors (Lipinski definition) is 3. The third-order valence-electron chi connectivity index (χ3n) is 3.95. The second-order valence-electron chi connectivity index (χ2n) is 5.74. The van der Waals surface area contributed by atoms with Crippen LogP contribution in [0.15, 0.2) is 53.5 Å². The fraction of sp³-hybridized carbons (Fsp3) is 0.300. The van der Waals surface area contributed by atoms with Crippen molar-refractivity contribution < 1.29 is 9.53 Å². The van der Waals surface area contributed by atoms with Crippen LogP contribution in [0.1, 0.15) is 37.0 Å². The number of benzene rings is 2. The highest BCUT2D eigenvalue weighted by atomic mass is 32.1. The SMILES string of the molecule is CCCCOc1cccc(C(=O)N=c2sc3ccccc3n2CC)c1. The minimum Gasteiger partial charge on any atom is -0.494 e. The number of fused-ring (bicyclic) bond motifs is 1. The standard InChI is InChI=1S/C20H22N2O2S/c1-3-5-13-24-16-10-8-9-15(14-16)19(23)21-20-22(4-2)17-11-6-7-12-18(17)25-20/h6-12,14H,3-5,13H2,1-2H3. The van der Waals surface area contributed by atoms with Crippen molar-refractivity contribution in [2.75, 3.05) is 6.61 Å². The van der Waals surface area contributed by atoms with Gasteiger partial charge in [0, 0.05) is 12.1 Å². The Balaban J connectivity index is 1.91. The van der Waals surface area contributed by atoms with E-state index in [0.717, 1.165) is 34.4 Å². The largest absolute Gasteiger partial charge is 0.494 e. The second-order valence-corrected chi connectivity index (χ2v) is 6.75. The van der Waals surface area contributed by atoms with E-state index in [9.17, 15) is 4.79 Å². The monoisotopic (exact) mass is 354 g/mol. The van der Waals surface area contributed by atoms with Gasteiger partial charge in [-0.05, 0) is 43.7 Å². The highest BCUT2D eigenvalue weighted by Crippen LogP contribution is 2.18. The first-order valence-electron chi connectivity index (χ1n) is 8.63. The second kappa shape index (κ2) is 8.12. The van der Waals surface area contributed by atoms with Crippen LogP contribution in [-0.4, -0.2) is 17.1 Å². The van der Waals surface area contributed by atoms with Gasteiger partial charge < -0.3 is 9.30 Å². The van der Waals surface area contributed by atoms with Crippen LogP contribution in [-0.2, 0) is 6.54 Å².